The standard InChI is InChI=1S/C19H18N2O/c1-11-7-8-13(9-12(11)2)14-10-15(14)18-19(22)21-17-6-4-3-5-16(17)20-18/h3-9,14-15H,10H2,1-2H3,(H,21,22). The van der Waals surface area contributed by atoms with Crippen LogP contribution in [0.4, 0.5) is 0 Å². The van der Waals surface area contributed by atoms with Gasteiger partial charge >= 0.3 is 0 Å². The van der Waals surface area contributed by atoms with Crippen LogP contribution in [0.2, 0.25) is 0 Å². The molecule has 1 fully saturated rings. The van der Waals surface area contributed by atoms with E-state index in [9.17, 15) is 4.79 Å². The number of hydrogen-bond acceptors (Lipinski definition) is 2. The van der Waals surface area contributed by atoms with E-state index in [1.54, 1.807) is 0 Å². The van der Waals surface area contributed by atoms with E-state index in [0.717, 1.165) is 17.5 Å². The zero-order valence-electron chi connectivity index (χ0n) is 12.8. The third-order valence-electron chi connectivity index (χ3n) is 4.73. The second-order valence-electron chi connectivity index (χ2n) is 6.26. The molecule has 0 saturated heterocycles. The highest BCUT2D eigenvalue weighted by molar-refractivity contribution is 5.73. The number of nitrogens with one attached hydrogen (secondary N) is 1. The van der Waals surface area contributed by atoms with E-state index in [1.165, 1.54) is 16.7 Å². The maximum absolute atomic E-state index is 12.3. The fourth-order valence-electron chi connectivity index (χ4n) is 3.16. The highest BCUT2D eigenvalue weighted by atomic mass is 16.1. The Hall–Kier alpha value is -2.42. The number of fused-ring (bicyclic) bond motifs is 1. The molecule has 1 heterocycles. The van der Waals surface area contributed by atoms with Crippen LogP contribution in [-0.2, 0) is 0 Å². The van der Waals surface area contributed by atoms with Crippen LogP contribution >= 0.6 is 0 Å². The first-order chi connectivity index (χ1) is 10.6. The second-order valence-corrected chi connectivity index (χ2v) is 6.26. The minimum absolute atomic E-state index is 0.0463. The van der Waals surface area contributed by atoms with E-state index in [-0.39, 0.29) is 11.5 Å². The Morgan fingerprint density at radius 2 is 1.86 bits per heavy atom. The Labute approximate surface area is 129 Å². The quantitative estimate of drug-likeness (QED) is 0.780. The zero-order chi connectivity index (χ0) is 15.3. The number of benzene rings is 2. The van der Waals surface area contributed by atoms with Gasteiger partial charge in [-0.25, -0.2) is 4.98 Å². The van der Waals surface area contributed by atoms with Crippen LogP contribution in [-0.4, -0.2) is 9.97 Å². The van der Waals surface area contributed by atoms with Crippen molar-refractivity contribution in [2.24, 2.45) is 0 Å². The number of aryl methyl sites for hydroxylation is 2. The lowest BCUT2D eigenvalue weighted by molar-refractivity contribution is 0.939. The molecule has 1 saturated carbocycles. The van der Waals surface area contributed by atoms with E-state index >= 15 is 0 Å². The molecule has 0 radical (unpaired) electrons. The van der Waals surface area contributed by atoms with Crippen LogP contribution in [0, 0.1) is 13.8 Å². The topological polar surface area (TPSA) is 45.8 Å². The van der Waals surface area contributed by atoms with Gasteiger partial charge < -0.3 is 4.98 Å². The lowest BCUT2D eigenvalue weighted by atomic mass is 10.0. The van der Waals surface area contributed by atoms with Gasteiger partial charge in [-0.1, -0.05) is 30.3 Å². The van der Waals surface area contributed by atoms with Gasteiger partial charge in [0.05, 0.1) is 11.0 Å². The molecule has 0 amide bonds. The lowest BCUT2D eigenvalue weighted by Crippen LogP contribution is -2.14. The van der Waals surface area contributed by atoms with Crippen molar-refractivity contribution in [3.63, 3.8) is 0 Å². The Morgan fingerprint density at radius 1 is 1.05 bits per heavy atom. The van der Waals surface area contributed by atoms with Crippen molar-refractivity contribution in [3.05, 3.63) is 75.2 Å². The molecule has 2 atom stereocenters. The molecule has 1 aliphatic rings. The van der Waals surface area contributed by atoms with Gasteiger partial charge in [0.1, 0.15) is 5.69 Å². The summed E-state index contributed by atoms with van der Waals surface area (Å²) >= 11 is 0. The van der Waals surface area contributed by atoms with Crippen LogP contribution in [0.1, 0.15) is 40.6 Å². The van der Waals surface area contributed by atoms with E-state index in [2.05, 4.69) is 42.0 Å². The molecule has 1 aliphatic carbocycles. The molecule has 0 aliphatic heterocycles. The van der Waals surface area contributed by atoms with Crippen molar-refractivity contribution in [3.8, 4) is 0 Å². The summed E-state index contributed by atoms with van der Waals surface area (Å²) in [7, 11) is 0. The third kappa shape index (κ3) is 2.13. The number of aromatic amines is 1. The van der Waals surface area contributed by atoms with Gasteiger partial charge in [0.15, 0.2) is 0 Å². The highest BCUT2D eigenvalue weighted by Crippen LogP contribution is 2.53. The maximum atomic E-state index is 12.3. The smallest absolute Gasteiger partial charge is 0.270 e. The van der Waals surface area contributed by atoms with Gasteiger partial charge in [-0.3, -0.25) is 4.79 Å². The fraction of sp³-hybridized carbons (Fsp3) is 0.263. The van der Waals surface area contributed by atoms with Crippen LogP contribution in [0.3, 0.4) is 0 Å². The summed E-state index contributed by atoms with van der Waals surface area (Å²) in [5.41, 5.74) is 6.24. The zero-order valence-corrected chi connectivity index (χ0v) is 12.8. The molecule has 0 bridgehead atoms. The highest BCUT2D eigenvalue weighted by Gasteiger charge is 2.42. The van der Waals surface area contributed by atoms with Crippen molar-refractivity contribution >= 4 is 11.0 Å². The van der Waals surface area contributed by atoms with Gasteiger partial charge in [0, 0.05) is 5.92 Å². The molecular formula is C19H18N2O. The lowest BCUT2D eigenvalue weighted by Gasteiger charge is -2.05. The number of H-pyrrole nitrogens is 1. The van der Waals surface area contributed by atoms with E-state index in [0.29, 0.717) is 11.6 Å². The van der Waals surface area contributed by atoms with Gasteiger partial charge in [-0.05, 0) is 55.0 Å². The fourth-order valence-corrected chi connectivity index (χ4v) is 3.16. The average molecular weight is 290 g/mol. The minimum atomic E-state index is -0.0463. The minimum Gasteiger partial charge on any atom is -0.319 e. The predicted molar refractivity (Wildman–Crippen MR) is 88.4 cm³/mol. The number of rotatable bonds is 2. The maximum Gasteiger partial charge on any atom is 0.270 e. The largest absolute Gasteiger partial charge is 0.319 e. The van der Waals surface area contributed by atoms with Crippen LogP contribution in [0.25, 0.3) is 11.0 Å². The SMILES string of the molecule is Cc1ccc(C2CC2c2nc3ccccc3[nH]c2=O)cc1C. The van der Waals surface area contributed by atoms with Crippen molar-refractivity contribution in [1.82, 2.24) is 9.97 Å². The molecule has 22 heavy (non-hydrogen) atoms. The molecule has 3 nitrogen and oxygen atoms in total. The van der Waals surface area contributed by atoms with Crippen LogP contribution < -0.4 is 5.56 Å². The molecule has 110 valence electrons. The molecule has 0 spiro atoms. The van der Waals surface area contributed by atoms with E-state index in [1.807, 2.05) is 24.3 Å². The van der Waals surface area contributed by atoms with Gasteiger partial charge in [-0.2, -0.15) is 0 Å². The Bertz CT molecular complexity index is 926. The average Bonchev–Trinajstić information content (AvgIpc) is 3.29. The van der Waals surface area contributed by atoms with Crippen molar-refractivity contribution < 1.29 is 0 Å². The second kappa shape index (κ2) is 4.80. The summed E-state index contributed by atoms with van der Waals surface area (Å²) in [5, 5.41) is 0. The summed E-state index contributed by atoms with van der Waals surface area (Å²) in [6.45, 7) is 4.26. The summed E-state index contributed by atoms with van der Waals surface area (Å²) in [5.74, 6) is 0.671. The molecule has 2 aromatic carbocycles. The number of nitrogens with zero attached hydrogens (tertiary/aromatic N) is 1. The molecule has 2 unspecified atom stereocenters. The molecule has 1 N–H and O–H groups in total. The third-order valence-corrected chi connectivity index (χ3v) is 4.73. The normalized spacial score (nSPS) is 20.3. The molecule has 1 aromatic heterocycles. The van der Waals surface area contributed by atoms with Crippen LogP contribution in [0.5, 0.6) is 0 Å². The number of aromatic nitrogens is 2. The van der Waals surface area contributed by atoms with Gasteiger partial charge in [0.2, 0.25) is 0 Å². The van der Waals surface area contributed by atoms with Crippen molar-refractivity contribution in [1.29, 1.82) is 0 Å². The first kappa shape index (κ1) is 13.3. The molecule has 4 rings (SSSR count). The monoisotopic (exact) mass is 290 g/mol. The van der Waals surface area contributed by atoms with Crippen molar-refractivity contribution in [2.45, 2.75) is 32.1 Å². The molecule has 3 heteroatoms. The van der Waals surface area contributed by atoms with Gasteiger partial charge in [0.25, 0.3) is 5.56 Å². The Morgan fingerprint density at radius 3 is 2.68 bits per heavy atom. The number of para-hydroxylation sites is 2. The molecular weight excluding hydrogens is 272 g/mol. The first-order valence-corrected chi connectivity index (χ1v) is 7.69. The van der Waals surface area contributed by atoms with Crippen LogP contribution in [0.15, 0.2) is 47.3 Å². The van der Waals surface area contributed by atoms with E-state index in [4.69, 9.17) is 0 Å². The van der Waals surface area contributed by atoms with Gasteiger partial charge in [-0.15, -0.1) is 0 Å². The summed E-state index contributed by atoms with van der Waals surface area (Å²) in [6.07, 6.45) is 1.01. The Kier molecular flexibility index (Phi) is 2.89. The first-order valence-electron chi connectivity index (χ1n) is 7.69. The Balaban J connectivity index is 1.71. The summed E-state index contributed by atoms with van der Waals surface area (Å²) in [4.78, 5) is 19.9. The molecule has 3 aromatic rings. The summed E-state index contributed by atoms with van der Waals surface area (Å²) < 4.78 is 0. The van der Waals surface area contributed by atoms with E-state index < -0.39 is 0 Å². The summed E-state index contributed by atoms with van der Waals surface area (Å²) in [6, 6.07) is 14.3. The predicted octanol–water partition coefficient (Wildman–Crippen LogP) is 3.81. The van der Waals surface area contributed by atoms with Crippen molar-refractivity contribution in [2.75, 3.05) is 0 Å². The number of hydrogen-bond donors (Lipinski definition) is 1.